The first kappa shape index (κ1) is 23.1. The van der Waals surface area contributed by atoms with Gasteiger partial charge in [0.25, 0.3) is 0 Å². The molecule has 0 bridgehead atoms. The van der Waals surface area contributed by atoms with Crippen LogP contribution in [0.5, 0.6) is 0 Å². The highest BCUT2D eigenvalue weighted by Crippen LogP contribution is 2.30. The maximum atomic E-state index is 14.6. The van der Waals surface area contributed by atoms with E-state index in [1.54, 1.807) is 6.92 Å². The van der Waals surface area contributed by atoms with Gasteiger partial charge in [-0.25, -0.2) is 8.78 Å². The minimum Gasteiger partial charge on any atom is -0.313 e. The van der Waals surface area contributed by atoms with Gasteiger partial charge in [-0.1, -0.05) is 13.0 Å². The van der Waals surface area contributed by atoms with Crippen molar-refractivity contribution < 1.29 is 27.2 Å². The van der Waals surface area contributed by atoms with Gasteiger partial charge in [0, 0.05) is 42.8 Å². The van der Waals surface area contributed by atoms with Crippen LogP contribution < -0.4 is 4.90 Å². The Morgan fingerprint density at radius 1 is 0.969 bits per heavy atom. The third-order valence-corrected chi connectivity index (χ3v) is 4.97. The Labute approximate surface area is 181 Å². The van der Waals surface area contributed by atoms with E-state index < -0.39 is 29.3 Å². The molecule has 0 spiro atoms. The normalized spacial score (nSPS) is 10.8. The molecule has 0 saturated carbocycles. The average molecular weight is 445 g/mol. The van der Waals surface area contributed by atoms with Crippen molar-refractivity contribution in [1.29, 1.82) is 0 Å². The molecule has 2 aromatic heterocycles. The first-order valence-electron chi connectivity index (χ1n) is 9.78. The molecule has 9 heteroatoms. The number of halogens is 4. The van der Waals surface area contributed by atoms with E-state index in [1.165, 1.54) is 43.6 Å². The molecule has 1 aromatic carbocycles. The van der Waals surface area contributed by atoms with E-state index in [9.17, 15) is 27.2 Å². The zero-order valence-corrected chi connectivity index (χ0v) is 17.3. The maximum Gasteiger partial charge on any atom is 0.226 e. The minimum absolute atomic E-state index is 0.00662. The fraction of sp³-hybridized carbons (Fsp3) is 0.217. The summed E-state index contributed by atoms with van der Waals surface area (Å²) in [6.07, 6.45) is 1.29. The van der Waals surface area contributed by atoms with Crippen molar-refractivity contribution in [2.45, 2.75) is 26.2 Å². The molecule has 0 N–H and O–H groups in total. The van der Waals surface area contributed by atoms with Gasteiger partial charge in [-0.15, -0.1) is 0 Å². The number of hydrogen-bond donors (Lipinski definition) is 0. The van der Waals surface area contributed by atoms with Gasteiger partial charge in [0.2, 0.25) is 17.8 Å². The van der Waals surface area contributed by atoms with Crippen LogP contribution in [0.3, 0.4) is 0 Å². The Kier molecular flexibility index (Phi) is 6.97. The molecule has 3 rings (SSSR count). The van der Waals surface area contributed by atoms with Gasteiger partial charge in [0.05, 0.1) is 5.69 Å². The Morgan fingerprint density at radius 3 is 2.34 bits per heavy atom. The number of amides is 1. The van der Waals surface area contributed by atoms with Gasteiger partial charge in [0.15, 0.2) is 17.4 Å². The fourth-order valence-electron chi connectivity index (χ4n) is 3.11. The van der Waals surface area contributed by atoms with Crippen LogP contribution in [0, 0.1) is 23.5 Å². The number of aromatic nitrogens is 2. The number of carbonyl (C=O) groups excluding carboxylic acids is 2. The number of Topliss-reactive ketones (excluding diaryl/α,β-unsaturated/α-hetero) is 1. The highest BCUT2D eigenvalue weighted by Gasteiger charge is 2.20. The highest BCUT2D eigenvalue weighted by molar-refractivity contribution is 5.95. The van der Waals surface area contributed by atoms with Gasteiger partial charge in [0.1, 0.15) is 5.69 Å². The number of rotatable bonds is 7. The number of hydrogen-bond acceptors (Lipinski definition) is 4. The predicted molar refractivity (Wildman–Crippen MR) is 110 cm³/mol. The van der Waals surface area contributed by atoms with Crippen molar-refractivity contribution in [3.05, 3.63) is 77.4 Å². The number of nitrogens with zero attached hydrogens (tertiary/aromatic N) is 3. The first-order chi connectivity index (χ1) is 15.2. The molecule has 32 heavy (non-hydrogen) atoms. The number of aryl methyl sites for hydroxylation is 1. The van der Waals surface area contributed by atoms with E-state index >= 15 is 0 Å². The fourth-order valence-corrected chi connectivity index (χ4v) is 3.11. The molecule has 5 nitrogen and oxygen atoms in total. The van der Waals surface area contributed by atoms with Crippen LogP contribution in [-0.2, 0) is 11.2 Å². The van der Waals surface area contributed by atoms with E-state index in [1.807, 2.05) is 0 Å². The third-order valence-electron chi connectivity index (χ3n) is 4.97. The summed E-state index contributed by atoms with van der Waals surface area (Å²) in [5, 5.41) is 0. The number of carbonyl (C=O) groups is 2. The lowest BCUT2D eigenvalue weighted by Gasteiger charge is -2.18. The average Bonchev–Trinajstić information content (AvgIpc) is 2.79. The molecule has 0 fully saturated rings. The first-order valence-corrected chi connectivity index (χ1v) is 9.78. The number of anilines is 1. The summed E-state index contributed by atoms with van der Waals surface area (Å²) in [6.45, 7) is 1.61. The van der Waals surface area contributed by atoms with Crippen LogP contribution in [0.25, 0.3) is 11.1 Å². The summed E-state index contributed by atoms with van der Waals surface area (Å²) in [6, 6.07) is 7.62. The number of pyridine rings is 2. The van der Waals surface area contributed by atoms with Crippen molar-refractivity contribution in [3.63, 3.8) is 0 Å². The summed E-state index contributed by atoms with van der Waals surface area (Å²) in [5.74, 6) is -5.00. The summed E-state index contributed by atoms with van der Waals surface area (Å²) in [4.78, 5) is 32.2. The van der Waals surface area contributed by atoms with Gasteiger partial charge >= 0.3 is 0 Å². The van der Waals surface area contributed by atoms with Crippen molar-refractivity contribution in [1.82, 2.24) is 9.97 Å². The summed E-state index contributed by atoms with van der Waals surface area (Å²) in [5.41, 5.74) is 0.146. The quantitative estimate of drug-likeness (QED) is 0.295. The SMILES string of the molecule is CCC(=O)N(C)c1ccc(-c2ccc(C(=O)CCc3ccc(F)nc3F)nc2)c(F)c1F. The van der Waals surface area contributed by atoms with Crippen LogP contribution in [0.4, 0.5) is 23.2 Å². The van der Waals surface area contributed by atoms with E-state index in [4.69, 9.17) is 0 Å². The second-order valence-electron chi connectivity index (χ2n) is 7.01. The molecule has 1 amide bonds. The van der Waals surface area contributed by atoms with Gasteiger partial charge in [-0.3, -0.25) is 14.6 Å². The maximum absolute atomic E-state index is 14.6. The van der Waals surface area contributed by atoms with Gasteiger partial charge in [-0.05, 0) is 36.8 Å². The van der Waals surface area contributed by atoms with Crippen molar-refractivity contribution >= 4 is 17.4 Å². The van der Waals surface area contributed by atoms with E-state index in [2.05, 4.69) is 9.97 Å². The highest BCUT2D eigenvalue weighted by atomic mass is 19.2. The number of benzene rings is 1. The van der Waals surface area contributed by atoms with Crippen molar-refractivity contribution in [2.75, 3.05) is 11.9 Å². The lowest BCUT2D eigenvalue weighted by Crippen LogP contribution is -2.26. The monoisotopic (exact) mass is 445 g/mol. The van der Waals surface area contributed by atoms with Gasteiger partial charge in [-0.2, -0.15) is 13.8 Å². The Hall–Kier alpha value is -3.62. The second kappa shape index (κ2) is 9.67. The summed E-state index contributed by atoms with van der Waals surface area (Å²) in [7, 11) is 1.36. The lowest BCUT2D eigenvalue weighted by atomic mass is 10.0. The second-order valence-corrected chi connectivity index (χ2v) is 7.01. The smallest absolute Gasteiger partial charge is 0.226 e. The van der Waals surface area contributed by atoms with Crippen LogP contribution in [-0.4, -0.2) is 28.7 Å². The third kappa shape index (κ3) is 4.82. The molecular formula is C23H19F4N3O2. The Balaban J connectivity index is 1.75. The summed E-state index contributed by atoms with van der Waals surface area (Å²) >= 11 is 0. The van der Waals surface area contributed by atoms with Crippen LogP contribution in [0.1, 0.15) is 35.8 Å². The largest absolute Gasteiger partial charge is 0.313 e. The molecule has 0 aliphatic carbocycles. The molecule has 166 valence electrons. The molecular weight excluding hydrogens is 426 g/mol. The van der Waals surface area contributed by atoms with E-state index in [-0.39, 0.29) is 53.2 Å². The molecule has 2 heterocycles. The predicted octanol–water partition coefficient (Wildman–Crippen LogP) is 4.89. The van der Waals surface area contributed by atoms with Crippen molar-refractivity contribution in [3.8, 4) is 11.1 Å². The zero-order chi connectivity index (χ0) is 23.4. The van der Waals surface area contributed by atoms with E-state index in [0.29, 0.717) is 0 Å². The van der Waals surface area contributed by atoms with Crippen molar-refractivity contribution in [2.24, 2.45) is 0 Å². The Bertz CT molecular complexity index is 1170. The topological polar surface area (TPSA) is 63.2 Å². The standard InChI is InChI=1S/C23H19F4N3O2/c1-3-20(32)30(2)17-9-7-15(21(25)22(17)26)14-4-8-16(28-12-14)18(31)10-5-13-6-11-19(24)29-23(13)27/h4,6-9,11-12H,3,5,10H2,1-2H3. The number of ketones is 1. The molecule has 0 saturated heterocycles. The van der Waals surface area contributed by atoms with Crippen LogP contribution >= 0.6 is 0 Å². The zero-order valence-electron chi connectivity index (χ0n) is 17.3. The lowest BCUT2D eigenvalue weighted by molar-refractivity contribution is -0.118. The Morgan fingerprint density at radius 2 is 1.72 bits per heavy atom. The molecule has 0 aliphatic heterocycles. The molecule has 0 radical (unpaired) electrons. The van der Waals surface area contributed by atoms with Gasteiger partial charge < -0.3 is 4.90 Å². The van der Waals surface area contributed by atoms with Crippen LogP contribution in [0.15, 0.2) is 42.6 Å². The molecule has 0 unspecified atom stereocenters. The molecule has 0 aliphatic rings. The molecule has 0 atom stereocenters. The van der Waals surface area contributed by atoms with E-state index in [0.717, 1.165) is 11.0 Å². The molecule has 3 aromatic rings. The summed E-state index contributed by atoms with van der Waals surface area (Å²) < 4.78 is 55.6. The minimum atomic E-state index is -1.16. The van der Waals surface area contributed by atoms with Crippen LogP contribution in [0.2, 0.25) is 0 Å².